The molecule has 2 N–H and O–H groups in total. The van der Waals surface area contributed by atoms with Crippen molar-refractivity contribution in [3.8, 4) is 5.75 Å². The molecule has 110 valence electrons. The van der Waals surface area contributed by atoms with Gasteiger partial charge in [0.25, 0.3) is 5.91 Å². The van der Waals surface area contributed by atoms with Crippen LogP contribution in [0.1, 0.15) is 22.8 Å². The number of amides is 1. The fourth-order valence-corrected chi connectivity index (χ4v) is 2.02. The van der Waals surface area contributed by atoms with E-state index in [2.05, 4.69) is 5.32 Å². The summed E-state index contributed by atoms with van der Waals surface area (Å²) in [6, 6.07) is 8.92. The summed E-state index contributed by atoms with van der Waals surface area (Å²) in [5.41, 5.74) is 0.758. The molecule has 2 aromatic carbocycles. The Hall–Kier alpha value is -2.43. The summed E-state index contributed by atoms with van der Waals surface area (Å²) in [4.78, 5) is 12.0. The third kappa shape index (κ3) is 4.02. The van der Waals surface area contributed by atoms with Gasteiger partial charge in [-0.1, -0.05) is 12.1 Å². The molecule has 0 heterocycles. The van der Waals surface area contributed by atoms with E-state index in [1.807, 2.05) is 0 Å². The molecule has 0 aromatic heterocycles. The second-order valence-electron chi connectivity index (χ2n) is 4.87. The molecule has 0 saturated carbocycles. The Labute approximate surface area is 121 Å². The van der Waals surface area contributed by atoms with Crippen molar-refractivity contribution in [2.75, 3.05) is 0 Å². The molecule has 1 unspecified atom stereocenters. The summed E-state index contributed by atoms with van der Waals surface area (Å²) in [6.07, 6.45) is 0.502. The van der Waals surface area contributed by atoms with E-state index in [1.165, 1.54) is 12.1 Å². The number of halogens is 2. The van der Waals surface area contributed by atoms with Gasteiger partial charge in [0.2, 0.25) is 0 Å². The van der Waals surface area contributed by atoms with Crippen LogP contribution in [0.25, 0.3) is 0 Å². The summed E-state index contributed by atoms with van der Waals surface area (Å²) in [6.45, 7) is 1.78. The molecule has 0 saturated heterocycles. The lowest BCUT2D eigenvalue weighted by Gasteiger charge is -2.14. The fraction of sp³-hybridized carbons (Fsp3) is 0.188. The van der Waals surface area contributed by atoms with Crippen molar-refractivity contribution >= 4 is 5.91 Å². The van der Waals surface area contributed by atoms with Gasteiger partial charge in [-0.3, -0.25) is 4.79 Å². The molecular weight excluding hydrogens is 276 g/mol. The first-order chi connectivity index (χ1) is 9.95. The van der Waals surface area contributed by atoms with Crippen LogP contribution in [0.15, 0.2) is 42.5 Å². The molecule has 1 atom stereocenters. The quantitative estimate of drug-likeness (QED) is 0.909. The van der Waals surface area contributed by atoms with E-state index in [0.29, 0.717) is 6.42 Å². The van der Waals surface area contributed by atoms with Gasteiger partial charge >= 0.3 is 0 Å². The molecule has 0 aliphatic rings. The van der Waals surface area contributed by atoms with Gasteiger partial charge in [-0.25, -0.2) is 8.78 Å². The van der Waals surface area contributed by atoms with Gasteiger partial charge in [-0.15, -0.1) is 0 Å². The third-order valence-electron chi connectivity index (χ3n) is 3.04. The Morgan fingerprint density at radius 2 is 1.76 bits per heavy atom. The summed E-state index contributed by atoms with van der Waals surface area (Å²) < 4.78 is 25.9. The Bertz CT molecular complexity index is 641. The van der Waals surface area contributed by atoms with E-state index in [4.69, 9.17) is 0 Å². The molecule has 21 heavy (non-hydrogen) atoms. The highest BCUT2D eigenvalue weighted by Crippen LogP contribution is 2.18. The van der Waals surface area contributed by atoms with Crippen molar-refractivity contribution < 1.29 is 18.7 Å². The van der Waals surface area contributed by atoms with Crippen LogP contribution in [0.3, 0.4) is 0 Å². The first-order valence-corrected chi connectivity index (χ1v) is 6.49. The van der Waals surface area contributed by atoms with Crippen LogP contribution in [0.5, 0.6) is 5.75 Å². The van der Waals surface area contributed by atoms with Crippen LogP contribution in [-0.2, 0) is 6.42 Å². The van der Waals surface area contributed by atoms with E-state index >= 15 is 0 Å². The van der Waals surface area contributed by atoms with Crippen LogP contribution in [0.4, 0.5) is 8.78 Å². The Balaban J connectivity index is 2.01. The maximum atomic E-state index is 13.1. The fourth-order valence-electron chi connectivity index (χ4n) is 2.02. The van der Waals surface area contributed by atoms with Crippen LogP contribution in [-0.4, -0.2) is 17.1 Å². The number of nitrogens with one attached hydrogen (secondary N) is 1. The van der Waals surface area contributed by atoms with Crippen molar-refractivity contribution in [1.29, 1.82) is 0 Å². The van der Waals surface area contributed by atoms with Crippen LogP contribution in [0, 0.1) is 11.6 Å². The van der Waals surface area contributed by atoms with Crippen LogP contribution in [0.2, 0.25) is 0 Å². The van der Waals surface area contributed by atoms with Crippen molar-refractivity contribution in [3.05, 3.63) is 65.2 Å². The molecule has 5 heteroatoms. The molecular formula is C16H15F2NO2. The Morgan fingerprint density at radius 1 is 1.14 bits per heavy atom. The van der Waals surface area contributed by atoms with Gasteiger partial charge in [0.1, 0.15) is 17.4 Å². The molecule has 1 amide bonds. The van der Waals surface area contributed by atoms with E-state index in [0.717, 1.165) is 23.8 Å². The largest absolute Gasteiger partial charge is 0.507 e. The topological polar surface area (TPSA) is 49.3 Å². The average Bonchev–Trinajstić information content (AvgIpc) is 2.44. The second kappa shape index (κ2) is 6.35. The molecule has 2 aromatic rings. The average molecular weight is 291 g/mol. The summed E-state index contributed by atoms with van der Waals surface area (Å²) in [5, 5.41) is 12.2. The van der Waals surface area contributed by atoms with Crippen molar-refractivity contribution in [2.45, 2.75) is 19.4 Å². The zero-order valence-corrected chi connectivity index (χ0v) is 11.4. The van der Waals surface area contributed by atoms with Gasteiger partial charge in [0, 0.05) is 6.04 Å². The monoisotopic (exact) mass is 291 g/mol. The normalized spacial score (nSPS) is 12.0. The molecule has 0 radical (unpaired) electrons. The number of phenols is 1. The highest BCUT2D eigenvalue weighted by molar-refractivity contribution is 5.96. The molecule has 3 nitrogen and oxygen atoms in total. The predicted octanol–water partition coefficient (Wildman–Crippen LogP) is 3.03. The van der Waals surface area contributed by atoms with E-state index in [-0.39, 0.29) is 23.2 Å². The number of hydrogen-bond donors (Lipinski definition) is 2. The SMILES string of the molecule is CC(Cc1ccc(F)cc1)NC(=O)c1cc(F)ccc1O. The van der Waals surface area contributed by atoms with E-state index < -0.39 is 11.7 Å². The minimum Gasteiger partial charge on any atom is -0.507 e. The van der Waals surface area contributed by atoms with Gasteiger partial charge in [0.15, 0.2) is 0 Å². The number of hydrogen-bond acceptors (Lipinski definition) is 2. The lowest BCUT2D eigenvalue weighted by molar-refractivity contribution is 0.0937. The molecule has 0 bridgehead atoms. The molecule has 0 aliphatic carbocycles. The van der Waals surface area contributed by atoms with Gasteiger partial charge in [-0.2, -0.15) is 0 Å². The molecule has 0 fully saturated rings. The van der Waals surface area contributed by atoms with Crippen molar-refractivity contribution in [3.63, 3.8) is 0 Å². The predicted molar refractivity (Wildman–Crippen MR) is 75.1 cm³/mol. The van der Waals surface area contributed by atoms with E-state index in [1.54, 1.807) is 19.1 Å². The van der Waals surface area contributed by atoms with E-state index in [9.17, 15) is 18.7 Å². The molecule has 2 rings (SSSR count). The van der Waals surface area contributed by atoms with Crippen LogP contribution < -0.4 is 5.32 Å². The summed E-state index contributed by atoms with van der Waals surface area (Å²) >= 11 is 0. The first kappa shape index (κ1) is 15.0. The summed E-state index contributed by atoms with van der Waals surface area (Å²) in [5.74, 6) is -1.74. The van der Waals surface area contributed by atoms with Gasteiger partial charge in [-0.05, 0) is 49.2 Å². The van der Waals surface area contributed by atoms with Crippen molar-refractivity contribution in [1.82, 2.24) is 5.32 Å². The maximum Gasteiger partial charge on any atom is 0.255 e. The Morgan fingerprint density at radius 3 is 2.43 bits per heavy atom. The highest BCUT2D eigenvalue weighted by atomic mass is 19.1. The number of aromatic hydroxyl groups is 1. The van der Waals surface area contributed by atoms with Crippen molar-refractivity contribution in [2.24, 2.45) is 0 Å². The minimum absolute atomic E-state index is 0.110. The minimum atomic E-state index is -0.593. The van der Waals surface area contributed by atoms with Crippen LogP contribution >= 0.6 is 0 Å². The first-order valence-electron chi connectivity index (χ1n) is 6.49. The lowest BCUT2D eigenvalue weighted by Crippen LogP contribution is -2.34. The van der Waals surface area contributed by atoms with Gasteiger partial charge in [0.05, 0.1) is 5.56 Å². The molecule has 0 spiro atoms. The summed E-state index contributed by atoms with van der Waals surface area (Å²) in [7, 11) is 0. The zero-order valence-electron chi connectivity index (χ0n) is 11.4. The second-order valence-corrected chi connectivity index (χ2v) is 4.87. The smallest absolute Gasteiger partial charge is 0.255 e. The lowest BCUT2D eigenvalue weighted by atomic mass is 10.1. The maximum absolute atomic E-state index is 13.1. The number of benzene rings is 2. The highest BCUT2D eigenvalue weighted by Gasteiger charge is 2.15. The number of rotatable bonds is 4. The number of carbonyl (C=O) groups is 1. The number of carbonyl (C=O) groups excluding carboxylic acids is 1. The molecule has 0 aliphatic heterocycles. The zero-order chi connectivity index (χ0) is 15.4. The Kier molecular flexibility index (Phi) is 4.52. The standard InChI is InChI=1S/C16H15F2NO2/c1-10(8-11-2-4-12(17)5-3-11)19-16(21)14-9-13(18)6-7-15(14)20/h2-7,9-10,20H,8H2,1H3,(H,19,21). The number of phenolic OH excluding ortho intramolecular Hbond substituents is 1. The van der Waals surface area contributed by atoms with Gasteiger partial charge < -0.3 is 10.4 Å². The third-order valence-corrected chi connectivity index (χ3v) is 3.04.